The van der Waals surface area contributed by atoms with Crippen LogP contribution in [0.5, 0.6) is 0 Å². The molecule has 2 fully saturated rings. The van der Waals surface area contributed by atoms with Crippen molar-refractivity contribution < 1.29 is 14.3 Å². The molecule has 2 aliphatic rings. The molecule has 2 saturated carbocycles. The Labute approximate surface area is 115 Å². The number of amides is 1. The summed E-state index contributed by atoms with van der Waals surface area (Å²) in [5.41, 5.74) is 5.55. The Morgan fingerprint density at radius 2 is 2.05 bits per heavy atom. The van der Waals surface area contributed by atoms with E-state index >= 15 is 0 Å². The second kappa shape index (κ2) is 5.29. The summed E-state index contributed by atoms with van der Waals surface area (Å²) in [6, 6.07) is 0.310. The van der Waals surface area contributed by atoms with Crippen molar-refractivity contribution in [2.45, 2.75) is 71.1 Å². The zero-order valence-electron chi connectivity index (χ0n) is 12.4. The maximum Gasteiger partial charge on any atom is 0.422 e. The highest BCUT2D eigenvalue weighted by Gasteiger charge is 2.59. The Hall–Kier alpha value is -0.810. The van der Waals surface area contributed by atoms with Gasteiger partial charge in [-0.15, -0.1) is 0 Å². The molecule has 0 aliphatic heterocycles. The Morgan fingerprint density at radius 1 is 1.37 bits per heavy atom. The van der Waals surface area contributed by atoms with Crippen molar-refractivity contribution in [3.63, 3.8) is 0 Å². The second-order valence-electron chi connectivity index (χ2n) is 6.59. The SMILES string of the molecule is CCOC1CC(NNC(=O)OC(C)(C)C)C12CCC2. The maximum atomic E-state index is 11.6. The first-order chi connectivity index (χ1) is 8.87. The molecule has 0 aromatic carbocycles. The summed E-state index contributed by atoms with van der Waals surface area (Å²) >= 11 is 0. The minimum Gasteiger partial charge on any atom is -0.443 e. The standard InChI is InChI=1S/C14H26N2O3/c1-5-18-11-9-10(14(11)7-6-8-14)15-16-12(17)19-13(2,3)4/h10-11,15H,5-9H2,1-4H3,(H,16,17). The molecule has 0 aromatic rings. The van der Waals surface area contributed by atoms with Crippen LogP contribution in [0.25, 0.3) is 0 Å². The van der Waals surface area contributed by atoms with Crippen molar-refractivity contribution in [2.24, 2.45) is 5.41 Å². The van der Waals surface area contributed by atoms with Gasteiger partial charge in [-0.1, -0.05) is 6.42 Å². The number of rotatable bonds is 4. The van der Waals surface area contributed by atoms with E-state index in [1.807, 2.05) is 27.7 Å². The molecule has 0 heterocycles. The molecule has 2 rings (SSSR count). The fourth-order valence-electron chi connectivity index (χ4n) is 3.09. The lowest BCUT2D eigenvalue weighted by molar-refractivity contribution is -0.175. The lowest BCUT2D eigenvalue weighted by Crippen LogP contribution is -2.69. The highest BCUT2D eigenvalue weighted by Crippen LogP contribution is 2.57. The first kappa shape index (κ1) is 14.6. The number of carbonyl (C=O) groups excluding carboxylic acids is 1. The van der Waals surface area contributed by atoms with E-state index in [-0.39, 0.29) is 5.41 Å². The van der Waals surface area contributed by atoms with Crippen molar-refractivity contribution in [3.05, 3.63) is 0 Å². The third-order valence-electron chi connectivity index (χ3n) is 4.18. The van der Waals surface area contributed by atoms with Crippen LogP contribution in [0.2, 0.25) is 0 Å². The van der Waals surface area contributed by atoms with Crippen LogP contribution in [0.15, 0.2) is 0 Å². The van der Waals surface area contributed by atoms with E-state index < -0.39 is 11.7 Å². The number of hydrazine groups is 1. The van der Waals surface area contributed by atoms with Gasteiger partial charge in [-0.3, -0.25) is 5.43 Å². The Bertz CT molecular complexity index is 334. The molecule has 5 heteroatoms. The topological polar surface area (TPSA) is 59.6 Å². The van der Waals surface area contributed by atoms with Crippen LogP contribution in [0.3, 0.4) is 0 Å². The number of ether oxygens (including phenoxy) is 2. The molecule has 2 N–H and O–H groups in total. The molecule has 0 radical (unpaired) electrons. The molecule has 19 heavy (non-hydrogen) atoms. The monoisotopic (exact) mass is 270 g/mol. The fourth-order valence-corrected chi connectivity index (χ4v) is 3.09. The van der Waals surface area contributed by atoms with Crippen LogP contribution in [0.1, 0.15) is 53.4 Å². The van der Waals surface area contributed by atoms with Crippen LogP contribution < -0.4 is 10.9 Å². The summed E-state index contributed by atoms with van der Waals surface area (Å²) in [6.45, 7) is 8.36. The van der Waals surface area contributed by atoms with Crippen LogP contribution >= 0.6 is 0 Å². The van der Waals surface area contributed by atoms with E-state index in [4.69, 9.17) is 9.47 Å². The van der Waals surface area contributed by atoms with Crippen molar-refractivity contribution in [2.75, 3.05) is 6.61 Å². The van der Waals surface area contributed by atoms with E-state index in [2.05, 4.69) is 10.9 Å². The van der Waals surface area contributed by atoms with Gasteiger partial charge in [0.25, 0.3) is 0 Å². The van der Waals surface area contributed by atoms with Crippen LogP contribution in [-0.2, 0) is 9.47 Å². The highest BCUT2D eigenvalue weighted by molar-refractivity contribution is 5.67. The molecule has 0 bridgehead atoms. The lowest BCUT2D eigenvalue weighted by atomic mass is 9.51. The smallest absolute Gasteiger partial charge is 0.422 e. The minimum atomic E-state index is -0.465. The molecule has 110 valence electrons. The third-order valence-corrected chi connectivity index (χ3v) is 4.18. The summed E-state index contributed by atoms with van der Waals surface area (Å²) in [4.78, 5) is 11.6. The van der Waals surface area contributed by atoms with Crippen molar-refractivity contribution in [1.82, 2.24) is 10.9 Å². The summed E-state index contributed by atoms with van der Waals surface area (Å²) in [7, 11) is 0. The normalized spacial score (nSPS) is 28.4. The molecule has 1 amide bonds. The van der Waals surface area contributed by atoms with Crippen molar-refractivity contribution in [1.29, 1.82) is 0 Å². The van der Waals surface area contributed by atoms with E-state index in [1.165, 1.54) is 19.3 Å². The van der Waals surface area contributed by atoms with Gasteiger partial charge in [0.2, 0.25) is 0 Å². The Balaban J connectivity index is 1.77. The largest absolute Gasteiger partial charge is 0.443 e. The van der Waals surface area contributed by atoms with Gasteiger partial charge in [0.1, 0.15) is 5.60 Å². The third kappa shape index (κ3) is 3.03. The first-order valence-electron chi connectivity index (χ1n) is 7.23. The summed E-state index contributed by atoms with van der Waals surface area (Å²) < 4.78 is 11.0. The highest BCUT2D eigenvalue weighted by atomic mass is 16.6. The summed E-state index contributed by atoms with van der Waals surface area (Å²) in [5, 5.41) is 0. The van der Waals surface area contributed by atoms with Gasteiger partial charge in [0.15, 0.2) is 0 Å². The molecule has 0 saturated heterocycles. The number of hydrogen-bond donors (Lipinski definition) is 2. The zero-order chi connectivity index (χ0) is 14.1. The average molecular weight is 270 g/mol. The Kier molecular flexibility index (Phi) is 4.06. The first-order valence-corrected chi connectivity index (χ1v) is 7.23. The molecule has 2 atom stereocenters. The van der Waals surface area contributed by atoms with E-state index in [0.717, 1.165) is 13.0 Å². The van der Waals surface area contributed by atoms with Gasteiger partial charge in [0.05, 0.1) is 6.10 Å². The molecular formula is C14H26N2O3. The lowest BCUT2D eigenvalue weighted by Gasteiger charge is -2.60. The van der Waals surface area contributed by atoms with E-state index in [9.17, 15) is 4.79 Å². The summed E-state index contributed by atoms with van der Waals surface area (Å²) in [5.74, 6) is 0. The van der Waals surface area contributed by atoms with Gasteiger partial charge in [-0.25, -0.2) is 10.2 Å². The zero-order valence-corrected chi connectivity index (χ0v) is 12.4. The number of nitrogens with one attached hydrogen (secondary N) is 2. The Morgan fingerprint density at radius 3 is 2.53 bits per heavy atom. The van der Waals surface area contributed by atoms with E-state index in [1.54, 1.807) is 0 Å². The summed E-state index contributed by atoms with van der Waals surface area (Å²) in [6.07, 6.45) is 4.53. The fraction of sp³-hybridized carbons (Fsp3) is 0.929. The predicted octanol–water partition coefficient (Wildman–Crippen LogP) is 2.36. The second-order valence-corrected chi connectivity index (χ2v) is 6.59. The molecule has 2 aliphatic carbocycles. The van der Waals surface area contributed by atoms with Crippen molar-refractivity contribution in [3.8, 4) is 0 Å². The van der Waals surface area contributed by atoms with Gasteiger partial charge in [-0.05, 0) is 47.0 Å². The van der Waals surface area contributed by atoms with Crippen LogP contribution in [0, 0.1) is 5.41 Å². The average Bonchev–Trinajstić information content (AvgIpc) is 2.17. The predicted molar refractivity (Wildman–Crippen MR) is 72.6 cm³/mol. The van der Waals surface area contributed by atoms with Gasteiger partial charge in [0, 0.05) is 18.1 Å². The van der Waals surface area contributed by atoms with Gasteiger partial charge >= 0.3 is 6.09 Å². The van der Waals surface area contributed by atoms with Crippen LogP contribution in [0.4, 0.5) is 4.79 Å². The molecular weight excluding hydrogens is 244 g/mol. The number of carbonyl (C=O) groups is 1. The van der Waals surface area contributed by atoms with Crippen molar-refractivity contribution >= 4 is 6.09 Å². The van der Waals surface area contributed by atoms with E-state index in [0.29, 0.717) is 12.1 Å². The van der Waals surface area contributed by atoms with Gasteiger partial charge in [-0.2, -0.15) is 0 Å². The van der Waals surface area contributed by atoms with Gasteiger partial charge < -0.3 is 9.47 Å². The quantitative estimate of drug-likeness (QED) is 0.770. The van der Waals surface area contributed by atoms with Crippen LogP contribution in [-0.4, -0.2) is 30.4 Å². The molecule has 5 nitrogen and oxygen atoms in total. The molecule has 1 spiro atoms. The minimum absolute atomic E-state index is 0.241. The number of hydrogen-bond acceptors (Lipinski definition) is 4. The maximum absolute atomic E-state index is 11.6. The molecule has 0 aromatic heterocycles. The molecule has 2 unspecified atom stereocenters.